The lowest BCUT2D eigenvalue weighted by molar-refractivity contribution is 0.102. The van der Waals surface area contributed by atoms with Crippen LogP contribution in [-0.2, 0) is 22.9 Å². The molecule has 0 aliphatic rings. The van der Waals surface area contributed by atoms with Crippen molar-refractivity contribution in [2.24, 2.45) is 0 Å². The first-order valence-corrected chi connectivity index (χ1v) is 10.8. The van der Waals surface area contributed by atoms with Crippen molar-refractivity contribution < 1.29 is 13.2 Å². The maximum atomic E-state index is 12.7. The number of hydrogen-bond donors (Lipinski definition) is 2. The first-order chi connectivity index (χ1) is 12.8. The lowest BCUT2D eigenvalue weighted by atomic mass is 10.0. The van der Waals surface area contributed by atoms with Crippen LogP contribution in [0.2, 0.25) is 0 Å². The van der Waals surface area contributed by atoms with Crippen LogP contribution < -0.4 is 10.0 Å². The Bertz CT molecular complexity index is 868. The number of amides is 1. The largest absolute Gasteiger partial charge is 0.321 e. The van der Waals surface area contributed by atoms with Crippen LogP contribution in [0, 0.1) is 0 Å². The number of anilines is 1. The van der Waals surface area contributed by atoms with Crippen LogP contribution in [0.5, 0.6) is 0 Å². The van der Waals surface area contributed by atoms with Crippen molar-refractivity contribution in [3.05, 3.63) is 59.2 Å². The molecule has 0 bridgehead atoms. The number of sulfonamides is 1. The van der Waals surface area contributed by atoms with Gasteiger partial charge < -0.3 is 5.32 Å². The maximum Gasteiger partial charge on any atom is 0.255 e. The van der Waals surface area contributed by atoms with Crippen molar-refractivity contribution in [3.63, 3.8) is 0 Å². The van der Waals surface area contributed by atoms with E-state index in [1.165, 1.54) is 12.1 Å². The number of hydrogen-bond acceptors (Lipinski definition) is 3. The Morgan fingerprint density at radius 2 is 1.52 bits per heavy atom. The Morgan fingerprint density at radius 3 is 2.00 bits per heavy atom. The molecule has 0 aromatic heterocycles. The van der Waals surface area contributed by atoms with E-state index >= 15 is 0 Å². The van der Waals surface area contributed by atoms with Gasteiger partial charge in [-0.05, 0) is 61.6 Å². The third kappa shape index (κ3) is 5.17. The highest BCUT2D eigenvalue weighted by atomic mass is 32.2. The van der Waals surface area contributed by atoms with E-state index in [1.54, 1.807) is 12.1 Å². The van der Waals surface area contributed by atoms with E-state index in [1.807, 2.05) is 45.9 Å². The summed E-state index contributed by atoms with van der Waals surface area (Å²) in [7, 11) is -3.58. The molecule has 0 saturated carbocycles. The van der Waals surface area contributed by atoms with Gasteiger partial charge in [-0.2, -0.15) is 0 Å². The third-order valence-corrected chi connectivity index (χ3v) is 6.24. The Balaban J connectivity index is 2.22. The molecule has 0 spiro atoms. The second-order valence-corrected chi connectivity index (χ2v) is 8.28. The van der Waals surface area contributed by atoms with Gasteiger partial charge in [0.25, 0.3) is 5.91 Å². The first kappa shape index (κ1) is 21.1. The first-order valence-electron chi connectivity index (χ1n) is 9.36. The SMILES string of the molecule is CCc1cccc(CC)c1NC(=O)c1ccc(S(=O)(=O)N[C@@H](C)CC)cc1. The second kappa shape index (κ2) is 9.15. The molecule has 0 aliphatic heterocycles. The zero-order chi connectivity index (χ0) is 20.0. The highest BCUT2D eigenvalue weighted by Gasteiger charge is 2.18. The number of para-hydroxylation sites is 1. The topological polar surface area (TPSA) is 75.3 Å². The van der Waals surface area contributed by atoms with Gasteiger partial charge in [0, 0.05) is 17.3 Å². The summed E-state index contributed by atoms with van der Waals surface area (Å²) in [4.78, 5) is 12.8. The summed E-state index contributed by atoms with van der Waals surface area (Å²) >= 11 is 0. The van der Waals surface area contributed by atoms with Crippen molar-refractivity contribution in [2.45, 2.75) is 57.9 Å². The number of carbonyl (C=O) groups is 1. The number of nitrogens with one attached hydrogen (secondary N) is 2. The van der Waals surface area contributed by atoms with E-state index in [0.717, 1.165) is 29.7 Å². The standard InChI is InChI=1S/C21H28N2O3S/c1-5-15(4)23-27(25,26)19-13-11-18(12-14-19)21(24)22-20-16(6-2)9-8-10-17(20)7-3/h8-15,23H,5-7H2,1-4H3,(H,22,24)/t15-/m0/s1. The smallest absolute Gasteiger partial charge is 0.255 e. The average molecular weight is 389 g/mol. The van der Waals surface area contributed by atoms with Crippen molar-refractivity contribution >= 4 is 21.6 Å². The molecule has 0 aliphatic carbocycles. The summed E-state index contributed by atoms with van der Waals surface area (Å²) in [5.74, 6) is -0.246. The van der Waals surface area contributed by atoms with Gasteiger partial charge in [0.2, 0.25) is 10.0 Å². The minimum absolute atomic E-state index is 0.143. The van der Waals surface area contributed by atoms with Gasteiger partial charge in [-0.3, -0.25) is 4.79 Å². The van der Waals surface area contributed by atoms with E-state index in [2.05, 4.69) is 10.0 Å². The van der Waals surface area contributed by atoms with Crippen molar-refractivity contribution in [3.8, 4) is 0 Å². The van der Waals surface area contributed by atoms with E-state index < -0.39 is 10.0 Å². The van der Waals surface area contributed by atoms with E-state index in [0.29, 0.717) is 12.0 Å². The molecule has 146 valence electrons. The predicted molar refractivity (Wildman–Crippen MR) is 110 cm³/mol. The molecule has 27 heavy (non-hydrogen) atoms. The molecule has 2 aromatic carbocycles. The third-order valence-electron chi connectivity index (χ3n) is 4.63. The molecular formula is C21H28N2O3S. The van der Waals surface area contributed by atoms with Gasteiger partial charge in [-0.25, -0.2) is 13.1 Å². The normalized spacial score (nSPS) is 12.6. The molecule has 1 amide bonds. The Labute approximate surface area is 162 Å². The fourth-order valence-electron chi connectivity index (χ4n) is 2.79. The fourth-order valence-corrected chi connectivity index (χ4v) is 4.12. The summed E-state index contributed by atoms with van der Waals surface area (Å²) in [5, 5.41) is 2.99. The molecule has 2 rings (SSSR count). The van der Waals surface area contributed by atoms with E-state index in [4.69, 9.17) is 0 Å². The van der Waals surface area contributed by atoms with Crippen molar-refractivity contribution in [2.75, 3.05) is 5.32 Å². The van der Waals surface area contributed by atoms with E-state index in [9.17, 15) is 13.2 Å². The molecule has 6 heteroatoms. The highest BCUT2D eigenvalue weighted by molar-refractivity contribution is 7.89. The van der Waals surface area contributed by atoms with Crippen LogP contribution in [0.25, 0.3) is 0 Å². The average Bonchev–Trinajstić information content (AvgIpc) is 2.67. The van der Waals surface area contributed by atoms with Gasteiger partial charge in [0.15, 0.2) is 0 Å². The van der Waals surface area contributed by atoms with Crippen LogP contribution in [0.15, 0.2) is 47.4 Å². The Hall–Kier alpha value is -2.18. The number of benzene rings is 2. The van der Waals surface area contributed by atoms with Crippen LogP contribution in [0.1, 0.15) is 55.6 Å². The molecule has 0 unspecified atom stereocenters. The van der Waals surface area contributed by atoms with E-state index in [-0.39, 0.29) is 16.8 Å². The second-order valence-electron chi connectivity index (χ2n) is 6.57. The molecule has 0 radical (unpaired) electrons. The lowest BCUT2D eigenvalue weighted by Gasteiger charge is -2.15. The van der Waals surface area contributed by atoms with Gasteiger partial charge >= 0.3 is 0 Å². The van der Waals surface area contributed by atoms with Gasteiger partial charge in [-0.1, -0.05) is 39.0 Å². The molecular weight excluding hydrogens is 360 g/mol. The molecule has 0 saturated heterocycles. The van der Waals surface area contributed by atoms with Crippen LogP contribution in [0.3, 0.4) is 0 Å². The van der Waals surface area contributed by atoms with Crippen LogP contribution in [0.4, 0.5) is 5.69 Å². The van der Waals surface area contributed by atoms with Crippen LogP contribution >= 0.6 is 0 Å². The minimum atomic E-state index is -3.58. The molecule has 0 heterocycles. The summed E-state index contributed by atoms with van der Waals surface area (Å²) in [5.41, 5.74) is 3.44. The molecule has 1 atom stereocenters. The lowest BCUT2D eigenvalue weighted by Crippen LogP contribution is -2.32. The van der Waals surface area contributed by atoms with Crippen molar-refractivity contribution in [1.29, 1.82) is 0 Å². The monoisotopic (exact) mass is 388 g/mol. The maximum absolute atomic E-state index is 12.7. The number of rotatable bonds is 8. The minimum Gasteiger partial charge on any atom is -0.321 e. The predicted octanol–water partition coefficient (Wildman–Crippen LogP) is 4.14. The molecule has 0 fully saturated rings. The Kier molecular flexibility index (Phi) is 7.16. The Morgan fingerprint density at radius 1 is 0.963 bits per heavy atom. The fraction of sp³-hybridized carbons (Fsp3) is 0.381. The van der Waals surface area contributed by atoms with Gasteiger partial charge in [0.1, 0.15) is 0 Å². The summed E-state index contributed by atoms with van der Waals surface area (Å²) in [6, 6.07) is 11.9. The molecule has 2 aromatic rings. The van der Waals surface area contributed by atoms with Gasteiger partial charge in [0.05, 0.1) is 4.90 Å². The summed E-state index contributed by atoms with van der Waals surface area (Å²) < 4.78 is 27.3. The summed E-state index contributed by atoms with van der Waals surface area (Å²) in [6.07, 6.45) is 2.35. The number of aryl methyl sites for hydroxylation is 2. The highest BCUT2D eigenvalue weighted by Crippen LogP contribution is 2.23. The zero-order valence-electron chi connectivity index (χ0n) is 16.4. The molecule has 5 nitrogen and oxygen atoms in total. The van der Waals surface area contributed by atoms with Crippen LogP contribution in [-0.4, -0.2) is 20.4 Å². The van der Waals surface area contributed by atoms with Gasteiger partial charge in [-0.15, -0.1) is 0 Å². The number of carbonyl (C=O) groups excluding carboxylic acids is 1. The molecule has 2 N–H and O–H groups in total. The van der Waals surface area contributed by atoms with Crippen molar-refractivity contribution in [1.82, 2.24) is 4.72 Å². The summed E-state index contributed by atoms with van der Waals surface area (Å²) in [6.45, 7) is 7.83. The zero-order valence-corrected chi connectivity index (χ0v) is 17.2. The quantitative estimate of drug-likeness (QED) is 0.714.